The van der Waals surface area contributed by atoms with Gasteiger partial charge in [-0.3, -0.25) is 0 Å². The van der Waals surface area contributed by atoms with Crippen LogP contribution in [0.3, 0.4) is 0 Å². The molecule has 12 bridgehead atoms. The molecule has 0 aromatic heterocycles. The Kier molecular flexibility index (Phi) is 12.7. The second-order valence-corrected chi connectivity index (χ2v) is 17.5. The zero-order valence-electron chi connectivity index (χ0n) is 38.6. The predicted octanol–water partition coefficient (Wildman–Crippen LogP) is 15.9. The number of aliphatic imine (C=N–C) groups is 4. The molecule has 4 heteroatoms. The van der Waals surface area contributed by atoms with Crippen molar-refractivity contribution in [1.29, 1.82) is 0 Å². The highest BCUT2D eigenvalue weighted by molar-refractivity contribution is 6.18. The molecule has 0 spiro atoms. The number of hydrogen-bond donors (Lipinski definition) is 0. The van der Waals surface area contributed by atoms with Crippen molar-refractivity contribution < 1.29 is 0 Å². The molecule has 70 heavy (non-hydrogen) atoms. The lowest BCUT2D eigenvalue weighted by molar-refractivity contribution is 1.19. The third-order valence-corrected chi connectivity index (χ3v) is 12.6. The summed E-state index contributed by atoms with van der Waals surface area (Å²) in [7, 11) is 0. The van der Waals surface area contributed by atoms with Gasteiger partial charge in [0, 0.05) is 44.5 Å². The minimum Gasteiger partial charge on any atom is -0.248 e. The lowest BCUT2D eigenvalue weighted by Gasteiger charge is -2.12. The molecular weight excluding hydrogens is 849 g/mol. The van der Waals surface area contributed by atoms with Crippen LogP contribution in [0, 0.1) is 0 Å². The molecule has 0 amide bonds. The van der Waals surface area contributed by atoms with E-state index < -0.39 is 0 Å². The Morgan fingerprint density at radius 1 is 0.171 bits per heavy atom. The largest absolute Gasteiger partial charge is 0.248 e. The number of rotatable bonds is 4. The van der Waals surface area contributed by atoms with Gasteiger partial charge in [-0.25, -0.2) is 20.0 Å². The highest BCUT2D eigenvalue weighted by atomic mass is 14.8. The van der Waals surface area contributed by atoms with Crippen molar-refractivity contribution in [3.63, 3.8) is 0 Å². The Labute approximate surface area is 410 Å². The summed E-state index contributed by atoms with van der Waals surface area (Å²) in [6.45, 7) is 0. The highest BCUT2D eigenvalue weighted by Crippen LogP contribution is 2.27. The van der Waals surface area contributed by atoms with Gasteiger partial charge in [-0.2, -0.15) is 0 Å². The van der Waals surface area contributed by atoms with Crippen molar-refractivity contribution >= 4 is 45.6 Å². The van der Waals surface area contributed by atoms with Crippen molar-refractivity contribution in [3.05, 3.63) is 334 Å². The molecular formula is C66H48N4. The Hall–Kier alpha value is -9.12. The van der Waals surface area contributed by atoms with Gasteiger partial charge in [0.1, 0.15) is 0 Å². The first-order valence-corrected chi connectivity index (χ1v) is 23.8. The van der Waals surface area contributed by atoms with Gasteiger partial charge in [0.05, 0.1) is 45.6 Å². The van der Waals surface area contributed by atoms with E-state index in [2.05, 4.69) is 243 Å². The second-order valence-electron chi connectivity index (χ2n) is 17.5. The smallest absolute Gasteiger partial charge is 0.0781 e. The van der Waals surface area contributed by atoms with Gasteiger partial charge in [-0.15, -0.1) is 0 Å². The van der Waals surface area contributed by atoms with E-state index in [4.69, 9.17) is 20.0 Å². The maximum atomic E-state index is 5.27. The minimum atomic E-state index is 0.791. The quantitative estimate of drug-likeness (QED) is 0.169. The molecule has 0 saturated heterocycles. The Balaban J connectivity index is 0.995. The molecule has 0 unspecified atom stereocenters. The van der Waals surface area contributed by atoms with Crippen molar-refractivity contribution in [2.75, 3.05) is 0 Å². The van der Waals surface area contributed by atoms with Crippen molar-refractivity contribution in [2.24, 2.45) is 20.0 Å². The van der Waals surface area contributed by atoms with Crippen LogP contribution in [0.15, 0.2) is 287 Å². The fraction of sp³-hybridized carbons (Fsp3) is 0.0303. The summed E-state index contributed by atoms with van der Waals surface area (Å²) >= 11 is 0. The van der Waals surface area contributed by atoms with Crippen LogP contribution in [0.2, 0.25) is 0 Å². The van der Waals surface area contributed by atoms with Gasteiger partial charge in [-0.1, -0.05) is 218 Å². The topological polar surface area (TPSA) is 49.4 Å². The van der Waals surface area contributed by atoms with E-state index in [1.165, 1.54) is 22.3 Å². The number of hydrogen-bond acceptors (Lipinski definition) is 4. The van der Waals surface area contributed by atoms with E-state index in [-0.39, 0.29) is 0 Å². The van der Waals surface area contributed by atoms with Crippen LogP contribution in [0.25, 0.3) is 0 Å². The standard InChI is InChI=1S/C66H48N4/c1-5-13-51(14-6-1)63-55-29-31-56(32-30-55)64(52-15-7-2-8-16-52)68-60-39-25-49(26-40-60)46-50-27-43-62(44-28-50)70-66(54-19-11-4-12-20-54)58-35-33-57(34-36-58)65(53-17-9-3-10-18-53)69-61-41-23-48(24-42-61)45-47-21-37-59(67-63)38-22-47/h1-44H,45-46H2/b67-63-,68-64+,69-65+,70-66-. The molecule has 0 saturated carbocycles. The minimum absolute atomic E-state index is 0.791. The molecule has 20 rings (SSSR count). The van der Waals surface area contributed by atoms with Crippen LogP contribution >= 0.6 is 0 Å². The Morgan fingerprint density at radius 2 is 0.343 bits per heavy atom. The van der Waals surface area contributed by atoms with E-state index in [0.29, 0.717) is 0 Å². The fourth-order valence-electron chi connectivity index (χ4n) is 8.88. The summed E-state index contributed by atoms with van der Waals surface area (Å²) in [4.78, 5) is 21.1. The lowest BCUT2D eigenvalue weighted by atomic mass is 9.97. The molecule has 10 aromatic carbocycles. The first-order valence-electron chi connectivity index (χ1n) is 23.8. The predicted molar refractivity (Wildman–Crippen MR) is 291 cm³/mol. The van der Waals surface area contributed by atoms with Gasteiger partial charge in [0.2, 0.25) is 0 Å². The number of benzene rings is 10. The van der Waals surface area contributed by atoms with E-state index in [1.807, 2.05) is 24.3 Å². The van der Waals surface area contributed by atoms with Crippen LogP contribution in [0.1, 0.15) is 66.8 Å². The molecule has 4 nitrogen and oxygen atoms in total. The van der Waals surface area contributed by atoms with Gasteiger partial charge in [0.15, 0.2) is 0 Å². The van der Waals surface area contributed by atoms with Gasteiger partial charge >= 0.3 is 0 Å². The summed E-state index contributed by atoms with van der Waals surface area (Å²) in [6, 6.07) is 93.3. The normalized spacial score (nSPS) is 15.8. The summed E-state index contributed by atoms with van der Waals surface area (Å²) in [5.41, 5.74) is 20.4. The first-order chi connectivity index (χ1) is 34.6. The second kappa shape index (κ2) is 20.4. The monoisotopic (exact) mass is 896 g/mol. The third-order valence-electron chi connectivity index (χ3n) is 12.6. The van der Waals surface area contributed by atoms with Crippen LogP contribution < -0.4 is 0 Å². The average Bonchev–Trinajstić information content (AvgIpc) is 3.43. The van der Waals surface area contributed by atoms with Crippen LogP contribution in [-0.4, -0.2) is 22.8 Å². The summed E-state index contributed by atoms with van der Waals surface area (Å²) in [5, 5.41) is 0. The van der Waals surface area contributed by atoms with Gasteiger partial charge in [-0.05, 0) is 83.6 Å². The zero-order valence-corrected chi connectivity index (χ0v) is 38.6. The Bertz CT molecular complexity index is 2990. The van der Waals surface area contributed by atoms with Crippen LogP contribution in [0.4, 0.5) is 22.7 Å². The summed E-state index contributed by atoms with van der Waals surface area (Å²) < 4.78 is 0. The molecule has 0 atom stereocenters. The van der Waals surface area contributed by atoms with Crippen LogP contribution in [-0.2, 0) is 12.8 Å². The van der Waals surface area contributed by atoms with E-state index in [0.717, 1.165) is 103 Å². The first kappa shape index (κ1) is 43.5. The average molecular weight is 897 g/mol. The molecule has 10 aliphatic rings. The Morgan fingerprint density at radius 3 is 0.529 bits per heavy atom. The van der Waals surface area contributed by atoms with E-state index in [9.17, 15) is 0 Å². The molecule has 10 aliphatic heterocycles. The maximum absolute atomic E-state index is 5.27. The molecule has 0 N–H and O–H groups in total. The maximum Gasteiger partial charge on any atom is 0.0781 e. The molecule has 332 valence electrons. The molecule has 10 heterocycles. The van der Waals surface area contributed by atoms with E-state index in [1.54, 1.807) is 0 Å². The van der Waals surface area contributed by atoms with Gasteiger partial charge in [0.25, 0.3) is 0 Å². The summed E-state index contributed by atoms with van der Waals surface area (Å²) in [5.74, 6) is 0. The molecule has 0 aliphatic carbocycles. The van der Waals surface area contributed by atoms with Crippen molar-refractivity contribution in [2.45, 2.75) is 12.8 Å². The zero-order chi connectivity index (χ0) is 46.9. The molecule has 10 aromatic rings. The molecule has 0 radical (unpaired) electrons. The SMILES string of the molecule is c1ccc(/C2=N/c3ccc(cc3)Cc3ccc(cc3)/N=C(\c3ccccc3)c3ccc(cc3)/C(c3ccccc3)=N\c3ccc(cc3)Cc3ccc(cc3)/N=C(\c3ccccc3)c3ccc2cc3)cc1. The number of nitrogens with zero attached hydrogens (tertiary/aromatic N) is 4. The van der Waals surface area contributed by atoms with Crippen molar-refractivity contribution in [3.8, 4) is 0 Å². The van der Waals surface area contributed by atoms with Crippen LogP contribution in [0.5, 0.6) is 0 Å². The summed E-state index contributed by atoms with van der Waals surface area (Å²) in [6.07, 6.45) is 1.58. The third kappa shape index (κ3) is 10.2. The van der Waals surface area contributed by atoms with Gasteiger partial charge < -0.3 is 0 Å². The van der Waals surface area contributed by atoms with E-state index >= 15 is 0 Å². The molecule has 0 fully saturated rings. The van der Waals surface area contributed by atoms with Crippen molar-refractivity contribution in [1.82, 2.24) is 0 Å². The highest BCUT2D eigenvalue weighted by Gasteiger charge is 2.14. The fourth-order valence-corrected chi connectivity index (χ4v) is 8.88. The lowest BCUT2D eigenvalue weighted by Crippen LogP contribution is -2.06.